The number of hydrogen-bond donors (Lipinski definition) is 1. The van der Waals surface area contributed by atoms with E-state index in [2.05, 4.69) is 25.7 Å². The first-order valence-corrected chi connectivity index (χ1v) is 6.41. The smallest absolute Gasteiger partial charge is 0.104 e. The molecular weight excluding hydrogens is 252 g/mol. The molecule has 0 bridgehead atoms. The molecule has 94 valence electrons. The molecule has 0 aliphatic carbocycles. The van der Waals surface area contributed by atoms with Crippen LogP contribution in [0.3, 0.4) is 0 Å². The van der Waals surface area contributed by atoms with E-state index >= 15 is 0 Å². The number of benzene rings is 1. The van der Waals surface area contributed by atoms with Crippen LogP contribution in [0.15, 0.2) is 18.2 Å². The molecular formula is C13H19ClN2S. The minimum absolute atomic E-state index is 0.0639. The zero-order valence-electron chi connectivity index (χ0n) is 10.7. The lowest BCUT2D eigenvalue weighted by molar-refractivity contribution is 0.471. The molecule has 2 N–H and O–H groups in total. The fourth-order valence-electron chi connectivity index (χ4n) is 1.50. The van der Waals surface area contributed by atoms with E-state index in [1.807, 2.05) is 25.2 Å². The molecule has 0 aromatic heterocycles. The third-order valence-corrected chi connectivity index (χ3v) is 3.91. The molecule has 0 saturated carbocycles. The molecule has 0 fully saturated rings. The van der Waals surface area contributed by atoms with Crippen LogP contribution in [0.5, 0.6) is 0 Å². The van der Waals surface area contributed by atoms with Crippen LogP contribution in [0.1, 0.15) is 32.8 Å². The number of rotatable bonds is 4. The highest BCUT2D eigenvalue weighted by atomic mass is 35.5. The summed E-state index contributed by atoms with van der Waals surface area (Å²) in [5, 5.41) is 0.680. The van der Waals surface area contributed by atoms with Gasteiger partial charge in [0.15, 0.2) is 0 Å². The molecule has 0 saturated heterocycles. The zero-order chi connectivity index (χ0) is 13.2. The van der Waals surface area contributed by atoms with Gasteiger partial charge in [-0.15, -0.1) is 0 Å². The van der Waals surface area contributed by atoms with E-state index in [1.54, 1.807) is 0 Å². The monoisotopic (exact) mass is 270 g/mol. The standard InChI is InChI=1S/C13H19ClN2S/c1-5-13(2,3)16(4)11-7-6-9(12(15)17)8-10(11)14/h6-8H,5H2,1-4H3,(H2,15,17). The van der Waals surface area contributed by atoms with Gasteiger partial charge in [0.2, 0.25) is 0 Å². The Balaban J connectivity index is 3.12. The highest BCUT2D eigenvalue weighted by Gasteiger charge is 2.23. The molecule has 0 radical (unpaired) electrons. The predicted molar refractivity (Wildman–Crippen MR) is 80.1 cm³/mol. The first kappa shape index (κ1) is 14.3. The van der Waals surface area contributed by atoms with Gasteiger partial charge in [-0.25, -0.2) is 0 Å². The summed E-state index contributed by atoms with van der Waals surface area (Å²) >= 11 is 11.2. The van der Waals surface area contributed by atoms with Crippen LogP contribution in [-0.2, 0) is 0 Å². The summed E-state index contributed by atoms with van der Waals surface area (Å²) in [5.41, 5.74) is 7.44. The molecule has 1 rings (SSSR count). The van der Waals surface area contributed by atoms with E-state index < -0.39 is 0 Å². The van der Waals surface area contributed by atoms with Gasteiger partial charge in [-0.1, -0.05) is 30.7 Å². The number of nitrogens with two attached hydrogens (primary N) is 1. The van der Waals surface area contributed by atoms with Gasteiger partial charge < -0.3 is 10.6 Å². The lowest BCUT2D eigenvalue weighted by atomic mass is 9.99. The summed E-state index contributed by atoms with van der Waals surface area (Å²) in [7, 11) is 2.05. The number of anilines is 1. The molecule has 0 atom stereocenters. The van der Waals surface area contributed by atoms with Gasteiger partial charge >= 0.3 is 0 Å². The van der Waals surface area contributed by atoms with E-state index in [9.17, 15) is 0 Å². The van der Waals surface area contributed by atoms with Gasteiger partial charge in [-0.3, -0.25) is 0 Å². The van der Waals surface area contributed by atoms with Crippen molar-refractivity contribution < 1.29 is 0 Å². The first-order chi connectivity index (χ1) is 7.79. The van der Waals surface area contributed by atoms with Crippen molar-refractivity contribution in [3.05, 3.63) is 28.8 Å². The minimum atomic E-state index is 0.0639. The fraction of sp³-hybridized carbons (Fsp3) is 0.462. The largest absolute Gasteiger partial charge is 0.389 e. The number of halogens is 1. The molecule has 0 aliphatic rings. The molecule has 17 heavy (non-hydrogen) atoms. The third-order valence-electron chi connectivity index (χ3n) is 3.37. The minimum Gasteiger partial charge on any atom is -0.389 e. The van der Waals surface area contributed by atoms with Gasteiger partial charge in [0.25, 0.3) is 0 Å². The first-order valence-electron chi connectivity index (χ1n) is 5.62. The van der Waals surface area contributed by atoms with E-state index in [4.69, 9.17) is 29.6 Å². The Labute approximate surface area is 114 Å². The molecule has 0 aliphatic heterocycles. The van der Waals surface area contributed by atoms with Crippen LogP contribution >= 0.6 is 23.8 Å². The average Bonchev–Trinajstić information content (AvgIpc) is 2.27. The Hall–Kier alpha value is -0.800. The van der Waals surface area contributed by atoms with Crippen LogP contribution < -0.4 is 10.6 Å². The van der Waals surface area contributed by atoms with Crippen molar-refractivity contribution in [3.63, 3.8) is 0 Å². The second-order valence-corrected chi connectivity index (χ2v) is 5.60. The third kappa shape index (κ3) is 3.11. The summed E-state index contributed by atoms with van der Waals surface area (Å²) < 4.78 is 0. The Morgan fingerprint density at radius 3 is 2.47 bits per heavy atom. The normalized spacial score (nSPS) is 11.4. The van der Waals surface area contributed by atoms with Gasteiger partial charge in [0.1, 0.15) is 4.99 Å². The molecule has 0 heterocycles. The maximum atomic E-state index is 6.27. The van der Waals surface area contributed by atoms with E-state index in [0.717, 1.165) is 17.7 Å². The number of nitrogens with zero attached hydrogens (tertiary/aromatic N) is 1. The van der Waals surface area contributed by atoms with Crippen molar-refractivity contribution >= 4 is 34.5 Å². The van der Waals surface area contributed by atoms with Gasteiger partial charge in [0.05, 0.1) is 10.7 Å². The van der Waals surface area contributed by atoms with Crippen molar-refractivity contribution in [2.75, 3.05) is 11.9 Å². The molecule has 4 heteroatoms. The summed E-state index contributed by atoms with van der Waals surface area (Å²) in [5.74, 6) is 0. The van der Waals surface area contributed by atoms with Gasteiger partial charge in [0, 0.05) is 18.2 Å². The van der Waals surface area contributed by atoms with Crippen molar-refractivity contribution in [3.8, 4) is 0 Å². The zero-order valence-corrected chi connectivity index (χ0v) is 12.3. The lowest BCUT2D eigenvalue weighted by Crippen LogP contribution is -2.40. The topological polar surface area (TPSA) is 29.3 Å². The van der Waals surface area contributed by atoms with Crippen LogP contribution in [0.2, 0.25) is 5.02 Å². The molecule has 0 unspecified atom stereocenters. The lowest BCUT2D eigenvalue weighted by Gasteiger charge is -2.37. The molecule has 1 aromatic rings. The number of hydrogen-bond acceptors (Lipinski definition) is 2. The SMILES string of the molecule is CCC(C)(C)N(C)c1ccc(C(N)=S)cc1Cl. The quantitative estimate of drug-likeness (QED) is 0.848. The second kappa shape index (κ2) is 5.23. The summed E-state index contributed by atoms with van der Waals surface area (Å²) in [4.78, 5) is 2.55. The molecule has 1 aromatic carbocycles. The molecule has 0 amide bonds. The molecule has 0 spiro atoms. The fourth-order valence-corrected chi connectivity index (χ4v) is 1.93. The molecule has 2 nitrogen and oxygen atoms in total. The van der Waals surface area contributed by atoms with Crippen LogP contribution in [0, 0.1) is 0 Å². The van der Waals surface area contributed by atoms with Crippen LogP contribution in [0.4, 0.5) is 5.69 Å². The second-order valence-electron chi connectivity index (χ2n) is 4.76. The predicted octanol–water partition coefficient (Wildman–Crippen LogP) is 3.60. The summed E-state index contributed by atoms with van der Waals surface area (Å²) in [6.45, 7) is 6.53. The Morgan fingerprint density at radius 1 is 1.47 bits per heavy atom. The van der Waals surface area contributed by atoms with Crippen molar-refractivity contribution in [1.29, 1.82) is 0 Å². The highest BCUT2D eigenvalue weighted by molar-refractivity contribution is 7.80. The van der Waals surface area contributed by atoms with Gasteiger partial charge in [-0.05, 0) is 38.5 Å². The average molecular weight is 271 g/mol. The Kier molecular flexibility index (Phi) is 4.39. The van der Waals surface area contributed by atoms with E-state index in [1.165, 1.54) is 0 Å². The Morgan fingerprint density at radius 2 is 2.06 bits per heavy atom. The summed E-state index contributed by atoms with van der Waals surface area (Å²) in [6.07, 6.45) is 1.04. The Bertz CT molecular complexity index is 429. The van der Waals surface area contributed by atoms with Crippen molar-refractivity contribution in [2.24, 2.45) is 5.73 Å². The maximum Gasteiger partial charge on any atom is 0.104 e. The maximum absolute atomic E-state index is 6.27. The highest BCUT2D eigenvalue weighted by Crippen LogP contribution is 2.31. The van der Waals surface area contributed by atoms with E-state index in [-0.39, 0.29) is 5.54 Å². The van der Waals surface area contributed by atoms with Crippen LogP contribution in [-0.4, -0.2) is 17.6 Å². The van der Waals surface area contributed by atoms with Crippen LogP contribution in [0.25, 0.3) is 0 Å². The number of thiocarbonyl (C=S) groups is 1. The van der Waals surface area contributed by atoms with Gasteiger partial charge in [-0.2, -0.15) is 0 Å². The van der Waals surface area contributed by atoms with Crippen molar-refractivity contribution in [2.45, 2.75) is 32.7 Å². The summed E-state index contributed by atoms with van der Waals surface area (Å²) in [6, 6.07) is 5.70. The van der Waals surface area contributed by atoms with E-state index in [0.29, 0.717) is 10.0 Å². The van der Waals surface area contributed by atoms with Crippen molar-refractivity contribution in [1.82, 2.24) is 0 Å².